The summed E-state index contributed by atoms with van der Waals surface area (Å²) in [5.74, 6) is 0.609. The highest BCUT2D eigenvalue weighted by molar-refractivity contribution is 5.74. The molecule has 0 bridgehead atoms. The molecule has 3 aliphatic heterocycles. The number of nitrogens with one attached hydrogen (secondary N) is 1. The van der Waals surface area contributed by atoms with Gasteiger partial charge in [0.25, 0.3) is 0 Å². The molecule has 10 nitrogen and oxygen atoms in total. The molecule has 3 N–H and O–H groups in total. The number of likely N-dealkylation sites (tertiary alicyclic amines) is 1. The number of ether oxygens (including phenoxy) is 2. The van der Waals surface area contributed by atoms with Crippen LogP contribution in [-0.2, 0) is 14.3 Å². The minimum absolute atomic E-state index is 0.0574. The molecule has 3 heterocycles. The number of cyclic esters (lactones) is 1. The largest absolute Gasteiger partial charge is 0.468 e. The maximum atomic E-state index is 12.2. The molecule has 2 unspecified atom stereocenters. The Bertz CT molecular complexity index is 616. The number of hydrogen-bond donors (Lipinski definition) is 2. The van der Waals surface area contributed by atoms with Gasteiger partial charge in [-0.05, 0) is 25.2 Å². The number of piperidine rings is 1. The van der Waals surface area contributed by atoms with E-state index in [9.17, 15) is 9.59 Å². The standard InChI is InChI=1S/C20H36N6O4/c1-23-16(5-3-4-15-6-8-26(9-7-15)19(21)22)18(30-20(23)28)25-12-10-24(11-13-25)14-17(27)29-2/h15-16,18H,3-14H2,1-2H3,(H3,21,22). The van der Waals surface area contributed by atoms with E-state index in [1.165, 1.54) is 7.11 Å². The second-order valence-electron chi connectivity index (χ2n) is 8.59. The number of rotatable bonds is 7. The molecule has 0 aromatic rings. The highest BCUT2D eigenvalue weighted by Gasteiger charge is 2.43. The lowest BCUT2D eigenvalue weighted by Crippen LogP contribution is -2.54. The van der Waals surface area contributed by atoms with Crippen LogP contribution in [0.1, 0.15) is 32.1 Å². The molecule has 0 spiro atoms. The van der Waals surface area contributed by atoms with Crippen LogP contribution in [0.15, 0.2) is 0 Å². The fraction of sp³-hybridized carbons (Fsp3) is 0.850. The van der Waals surface area contributed by atoms with Gasteiger partial charge >= 0.3 is 12.1 Å². The molecular formula is C20H36N6O4. The van der Waals surface area contributed by atoms with Crippen molar-refractivity contribution in [2.75, 3.05) is 60.0 Å². The molecule has 170 valence electrons. The lowest BCUT2D eigenvalue weighted by molar-refractivity contribution is -0.142. The van der Waals surface area contributed by atoms with E-state index in [4.69, 9.17) is 20.6 Å². The first-order valence-corrected chi connectivity index (χ1v) is 10.9. The Balaban J connectivity index is 1.45. The van der Waals surface area contributed by atoms with Crippen LogP contribution in [0.4, 0.5) is 4.79 Å². The van der Waals surface area contributed by atoms with Crippen LogP contribution in [0.3, 0.4) is 0 Å². The van der Waals surface area contributed by atoms with Crippen molar-refractivity contribution >= 4 is 18.0 Å². The molecule has 3 fully saturated rings. The van der Waals surface area contributed by atoms with E-state index in [2.05, 4.69) is 9.80 Å². The van der Waals surface area contributed by atoms with Crippen molar-refractivity contribution in [1.82, 2.24) is 19.6 Å². The Hall–Kier alpha value is -2.07. The zero-order valence-corrected chi connectivity index (χ0v) is 18.2. The molecule has 3 saturated heterocycles. The van der Waals surface area contributed by atoms with Gasteiger partial charge in [0.2, 0.25) is 0 Å². The quantitative estimate of drug-likeness (QED) is 0.341. The van der Waals surface area contributed by atoms with Crippen molar-refractivity contribution < 1.29 is 19.1 Å². The van der Waals surface area contributed by atoms with Gasteiger partial charge in [-0.3, -0.25) is 20.0 Å². The number of nitrogens with zero attached hydrogens (tertiary/aromatic N) is 4. The number of guanidine groups is 1. The number of carbonyl (C=O) groups excluding carboxylic acids is 2. The molecule has 0 radical (unpaired) electrons. The summed E-state index contributed by atoms with van der Waals surface area (Å²) in [6, 6.07) is 0.0574. The summed E-state index contributed by atoms with van der Waals surface area (Å²) in [6.45, 7) is 5.08. The van der Waals surface area contributed by atoms with E-state index >= 15 is 0 Å². The van der Waals surface area contributed by atoms with Crippen LogP contribution >= 0.6 is 0 Å². The predicted octanol–water partition coefficient (Wildman–Crippen LogP) is 0.329. The average molecular weight is 425 g/mol. The Morgan fingerprint density at radius 3 is 2.43 bits per heavy atom. The fourth-order valence-electron chi connectivity index (χ4n) is 4.75. The molecule has 10 heteroatoms. The number of methoxy groups -OCH3 is 1. The smallest absolute Gasteiger partial charge is 0.411 e. The van der Waals surface area contributed by atoms with Gasteiger partial charge in [0.05, 0.1) is 19.7 Å². The normalized spacial score (nSPS) is 26.7. The molecule has 2 atom stereocenters. The van der Waals surface area contributed by atoms with E-state index in [0.29, 0.717) is 12.5 Å². The molecule has 0 saturated carbocycles. The first-order valence-electron chi connectivity index (χ1n) is 10.9. The summed E-state index contributed by atoms with van der Waals surface area (Å²) in [6.07, 6.45) is 4.77. The summed E-state index contributed by atoms with van der Waals surface area (Å²) < 4.78 is 10.5. The minimum Gasteiger partial charge on any atom is -0.468 e. The van der Waals surface area contributed by atoms with Gasteiger partial charge in [-0.25, -0.2) is 4.79 Å². The molecule has 3 aliphatic rings. The number of esters is 1. The topological polar surface area (TPSA) is 115 Å². The second kappa shape index (κ2) is 10.3. The Kier molecular flexibility index (Phi) is 7.76. The summed E-state index contributed by atoms with van der Waals surface area (Å²) in [5.41, 5.74) is 5.58. The van der Waals surface area contributed by atoms with Crippen LogP contribution in [0.25, 0.3) is 0 Å². The SMILES string of the molecule is COC(=O)CN1CCN(C2OC(=O)N(C)C2CCCC2CCN(C(=N)N)CC2)CC1. The predicted molar refractivity (Wildman–Crippen MR) is 112 cm³/mol. The van der Waals surface area contributed by atoms with Gasteiger partial charge in [-0.15, -0.1) is 0 Å². The number of nitrogens with two attached hydrogens (primary N) is 1. The van der Waals surface area contributed by atoms with Crippen molar-refractivity contribution in [1.29, 1.82) is 5.41 Å². The molecule has 0 aliphatic carbocycles. The van der Waals surface area contributed by atoms with E-state index < -0.39 is 0 Å². The number of carbonyl (C=O) groups is 2. The monoisotopic (exact) mass is 424 g/mol. The third-order valence-corrected chi connectivity index (χ3v) is 6.75. The van der Waals surface area contributed by atoms with Crippen molar-refractivity contribution in [3.05, 3.63) is 0 Å². The number of amides is 1. The average Bonchev–Trinajstić information content (AvgIpc) is 3.03. The van der Waals surface area contributed by atoms with Crippen molar-refractivity contribution in [3.63, 3.8) is 0 Å². The molecular weight excluding hydrogens is 388 g/mol. The lowest BCUT2D eigenvalue weighted by Gasteiger charge is -2.38. The van der Waals surface area contributed by atoms with E-state index in [1.54, 1.807) is 4.90 Å². The Morgan fingerprint density at radius 2 is 1.83 bits per heavy atom. The first kappa shape index (κ1) is 22.6. The van der Waals surface area contributed by atoms with E-state index in [1.807, 2.05) is 11.9 Å². The summed E-state index contributed by atoms with van der Waals surface area (Å²) in [4.78, 5) is 31.7. The van der Waals surface area contributed by atoms with Gasteiger partial charge in [-0.1, -0.05) is 12.8 Å². The van der Waals surface area contributed by atoms with E-state index in [0.717, 1.165) is 71.4 Å². The van der Waals surface area contributed by atoms with Gasteiger partial charge in [-0.2, -0.15) is 0 Å². The maximum absolute atomic E-state index is 12.2. The summed E-state index contributed by atoms with van der Waals surface area (Å²) in [5, 5.41) is 7.54. The summed E-state index contributed by atoms with van der Waals surface area (Å²) in [7, 11) is 3.23. The number of piperazine rings is 1. The molecule has 1 amide bonds. The Morgan fingerprint density at radius 1 is 1.17 bits per heavy atom. The lowest BCUT2D eigenvalue weighted by atomic mass is 9.90. The zero-order valence-electron chi connectivity index (χ0n) is 18.2. The van der Waals surface area contributed by atoms with Gasteiger partial charge in [0, 0.05) is 46.3 Å². The highest BCUT2D eigenvalue weighted by Crippen LogP contribution is 2.28. The van der Waals surface area contributed by atoms with Gasteiger partial charge in [0.1, 0.15) is 0 Å². The van der Waals surface area contributed by atoms with Crippen LogP contribution in [0.2, 0.25) is 0 Å². The van der Waals surface area contributed by atoms with Gasteiger partial charge in [0.15, 0.2) is 12.2 Å². The minimum atomic E-state index is -0.253. The molecule has 3 rings (SSSR count). The highest BCUT2D eigenvalue weighted by atomic mass is 16.6. The molecule has 0 aromatic carbocycles. The molecule has 0 aromatic heterocycles. The van der Waals surface area contributed by atoms with Crippen molar-refractivity contribution in [2.24, 2.45) is 11.7 Å². The maximum Gasteiger partial charge on any atom is 0.411 e. The van der Waals surface area contributed by atoms with Crippen LogP contribution in [-0.4, -0.2) is 110 Å². The fourth-order valence-corrected chi connectivity index (χ4v) is 4.75. The van der Waals surface area contributed by atoms with Crippen LogP contribution in [0.5, 0.6) is 0 Å². The zero-order chi connectivity index (χ0) is 21.7. The van der Waals surface area contributed by atoms with Gasteiger partial charge < -0.3 is 25.0 Å². The van der Waals surface area contributed by atoms with Crippen molar-refractivity contribution in [2.45, 2.75) is 44.4 Å². The van der Waals surface area contributed by atoms with Crippen LogP contribution in [0, 0.1) is 11.3 Å². The van der Waals surface area contributed by atoms with Crippen molar-refractivity contribution in [3.8, 4) is 0 Å². The second-order valence-corrected chi connectivity index (χ2v) is 8.59. The Labute approximate surface area is 178 Å². The third kappa shape index (κ3) is 5.54. The first-order chi connectivity index (χ1) is 14.4. The van der Waals surface area contributed by atoms with E-state index in [-0.39, 0.29) is 30.3 Å². The van der Waals surface area contributed by atoms with Crippen LogP contribution < -0.4 is 5.73 Å². The molecule has 30 heavy (non-hydrogen) atoms. The number of hydrogen-bond acceptors (Lipinski definition) is 7. The third-order valence-electron chi connectivity index (χ3n) is 6.75. The number of likely N-dealkylation sites (N-methyl/N-ethyl adjacent to an activating group) is 1. The summed E-state index contributed by atoms with van der Waals surface area (Å²) >= 11 is 0.